The molecule has 1 saturated carbocycles. The van der Waals surface area contributed by atoms with Crippen LogP contribution in [0.5, 0.6) is 0 Å². The summed E-state index contributed by atoms with van der Waals surface area (Å²) in [6.07, 6.45) is 4.99. The Hall–Kier alpha value is -1.62. The van der Waals surface area contributed by atoms with Gasteiger partial charge in [0.15, 0.2) is 5.84 Å². The van der Waals surface area contributed by atoms with Crippen LogP contribution in [-0.4, -0.2) is 17.6 Å². The Kier molecular flexibility index (Phi) is 4.60. The topological polar surface area (TPSA) is 70.6 Å². The summed E-state index contributed by atoms with van der Waals surface area (Å²) in [4.78, 5) is 0. The highest BCUT2D eigenvalue weighted by atomic mass is 19.1. The number of nitrogens with two attached hydrogens (primary N) is 1. The summed E-state index contributed by atoms with van der Waals surface area (Å²) < 4.78 is 13.9. The number of halogens is 1. The quantitative estimate of drug-likeness (QED) is 0.311. The van der Waals surface area contributed by atoms with Gasteiger partial charge in [0.25, 0.3) is 0 Å². The van der Waals surface area contributed by atoms with Crippen molar-refractivity contribution < 1.29 is 9.60 Å². The van der Waals surface area contributed by atoms with Gasteiger partial charge in [-0.05, 0) is 30.7 Å². The number of hydrogen-bond acceptors (Lipinski definition) is 3. The molecule has 1 aromatic rings. The first-order valence-corrected chi connectivity index (χ1v) is 7.07. The summed E-state index contributed by atoms with van der Waals surface area (Å²) >= 11 is 0. The van der Waals surface area contributed by atoms with Crippen molar-refractivity contribution >= 4 is 5.84 Å². The third-order valence-corrected chi connectivity index (χ3v) is 4.01. The largest absolute Gasteiger partial charge is 0.409 e. The molecule has 0 radical (unpaired) electrons. The molecule has 0 saturated heterocycles. The summed E-state index contributed by atoms with van der Waals surface area (Å²) in [7, 11) is 0. The van der Waals surface area contributed by atoms with Crippen molar-refractivity contribution in [3.8, 4) is 0 Å². The molecule has 4 N–H and O–H groups in total. The zero-order valence-electron chi connectivity index (χ0n) is 11.8. The summed E-state index contributed by atoms with van der Waals surface area (Å²) in [6.45, 7) is 3.65. The monoisotopic (exact) mass is 279 g/mol. The molecule has 0 unspecified atom stereocenters. The molecule has 0 aliphatic heterocycles. The first-order chi connectivity index (χ1) is 9.60. The Balaban J connectivity index is 1.90. The van der Waals surface area contributed by atoms with E-state index in [0.717, 1.165) is 6.54 Å². The van der Waals surface area contributed by atoms with E-state index in [1.165, 1.54) is 31.7 Å². The Bertz CT molecular complexity index is 498. The second kappa shape index (κ2) is 6.22. The maximum absolute atomic E-state index is 13.9. The first kappa shape index (κ1) is 14.8. The van der Waals surface area contributed by atoms with Crippen LogP contribution in [0.25, 0.3) is 0 Å². The predicted molar refractivity (Wildman–Crippen MR) is 77.2 cm³/mol. The maximum atomic E-state index is 13.9. The molecule has 0 amide bonds. The van der Waals surface area contributed by atoms with E-state index >= 15 is 0 Å². The van der Waals surface area contributed by atoms with Crippen LogP contribution >= 0.6 is 0 Å². The van der Waals surface area contributed by atoms with Crippen LogP contribution < -0.4 is 11.1 Å². The van der Waals surface area contributed by atoms with E-state index < -0.39 is 0 Å². The molecule has 0 aromatic heterocycles. The molecular weight excluding hydrogens is 257 g/mol. The zero-order chi connectivity index (χ0) is 14.6. The van der Waals surface area contributed by atoms with Crippen LogP contribution in [0.4, 0.5) is 4.39 Å². The fourth-order valence-electron chi connectivity index (χ4n) is 2.59. The Morgan fingerprint density at radius 1 is 1.50 bits per heavy atom. The number of nitrogens with one attached hydrogen (secondary N) is 1. The molecule has 0 spiro atoms. The maximum Gasteiger partial charge on any atom is 0.170 e. The molecule has 4 nitrogen and oxygen atoms in total. The van der Waals surface area contributed by atoms with Gasteiger partial charge in [-0.3, -0.25) is 0 Å². The minimum atomic E-state index is -0.332. The van der Waals surface area contributed by atoms with E-state index in [2.05, 4.69) is 17.4 Å². The highest BCUT2D eigenvalue weighted by molar-refractivity contribution is 5.97. The highest BCUT2D eigenvalue weighted by Gasteiger charge is 2.40. The third-order valence-electron chi connectivity index (χ3n) is 4.01. The van der Waals surface area contributed by atoms with Crippen LogP contribution in [0.1, 0.15) is 43.7 Å². The Labute approximate surface area is 118 Å². The second-order valence-electron chi connectivity index (χ2n) is 5.64. The lowest BCUT2D eigenvalue weighted by atomic mass is 10.0. The van der Waals surface area contributed by atoms with Gasteiger partial charge in [-0.15, -0.1) is 0 Å². The number of rotatable bonds is 7. The highest BCUT2D eigenvalue weighted by Crippen LogP contribution is 2.48. The summed E-state index contributed by atoms with van der Waals surface area (Å²) in [6, 6.07) is 4.63. The van der Waals surface area contributed by atoms with Crippen molar-refractivity contribution in [3.05, 3.63) is 35.1 Å². The van der Waals surface area contributed by atoms with Gasteiger partial charge in [-0.25, -0.2) is 4.39 Å². The SMILES string of the molecule is CCCC1(CNCc2ccc(/C(N)=N/O)cc2F)CC1. The number of benzene rings is 1. The van der Waals surface area contributed by atoms with Crippen LogP contribution in [0.3, 0.4) is 0 Å². The average molecular weight is 279 g/mol. The van der Waals surface area contributed by atoms with Gasteiger partial charge >= 0.3 is 0 Å². The molecule has 0 heterocycles. The third kappa shape index (κ3) is 3.48. The number of hydrogen-bond donors (Lipinski definition) is 3. The van der Waals surface area contributed by atoms with E-state index in [4.69, 9.17) is 10.9 Å². The number of amidine groups is 1. The summed E-state index contributed by atoms with van der Waals surface area (Å²) in [5.74, 6) is -0.412. The molecule has 0 bridgehead atoms. The van der Waals surface area contributed by atoms with Crippen LogP contribution in [0.2, 0.25) is 0 Å². The first-order valence-electron chi connectivity index (χ1n) is 7.07. The van der Waals surface area contributed by atoms with E-state index in [9.17, 15) is 4.39 Å². The van der Waals surface area contributed by atoms with Gasteiger partial charge in [0.2, 0.25) is 0 Å². The van der Waals surface area contributed by atoms with Crippen molar-refractivity contribution in [2.24, 2.45) is 16.3 Å². The van der Waals surface area contributed by atoms with Crippen molar-refractivity contribution in [2.45, 2.75) is 39.2 Å². The predicted octanol–water partition coefficient (Wildman–Crippen LogP) is 2.59. The smallest absolute Gasteiger partial charge is 0.170 e. The van der Waals surface area contributed by atoms with Crippen molar-refractivity contribution in [2.75, 3.05) is 6.54 Å². The lowest BCUT2D eigenvalue weighted by Gasteiger charge is -2.15. The molecule has 1 aromatic carbocycles. The normalized spacial score (nSPS) is 17.2. The molecule has 2 rings (SSSR count). The van der Waals surface area contributed by atoms with Crippen molar-refractivity contribution in [3.63, 3.8) is 0 Å². The molecule has 20 heavy (non-hydrogen) atoms. The van der Waals surface area contributed by atoms with Gasteiger partial charge in [0.1, 0.15) is 5.82 Å². The molecule has 0 atom stereocenters. The second-order valence-corrected chi connectivity index (χ2v) is 5.64. The van der Waals surface area contributed by atoms with Crippen molar-refractivity contribution in [1.29, 1.82) is 0 Å². The minimum Gasteiger partial charge on any atom is -0.409 e. The van der Waals surface area contributed by atoms with Gasteiger partial charge < -0.3 is 16.3 Å². The van der Waals surface area contributed by atoms with Gasteiger partial charge in [0, 0.05) is 24.2 Å². The van der Waals surface area contributed by atoms with Crippen LogP contribution in [-0.2, 0) is 6.54 Å². The number of oxime groups is 1. The summed E-state index contributed by atoms with van der Waals surface area (Å²) in [5.41, 5.74) is 6.88. The van der Waals surface area contributed by atoms with E-state index in [-0.39, 0.29) is 11.7 Å². The fraction of sp³-hybridized carbons (Fsp3) is 0.533. The van der Waals surface area contributed by atoms with Gasteiger partial charge in [-0.1, -0.05) is 30.6 Å². The average Bonchev–Trinajstić information content (AvgIpc) is 3.20. The minimum absolute atomic E-state index is 0.0803. The van der Waals surface area contributed by atoms with E-state index in [1.807, 2.05) is 0 Å². The molecule has 110 valence electrons. The lowest BCUT2D eigenvalue weighted by Crippen LogP contribution is -2.24. The van der Waals surface area contributed by atoms with Gasteiger partial charge in [0.05, 0.1) is 0 Å². The van der Waals surface area contributed by atoms with Crippen LogP contribution in [0, 0.1) is 11.2 Å². The van der Waals surface area contributed by atoms with Crippen LogP contribution in [0.15, 0.2) is 23.4 Å². The lowest BCUT2D eigenvalue weighted by molar-refractivity contribution is 0.318. The molecule has 1 aliphatic rings. The Morgan fingerprint density at radius 2 is 2.25 bits per heavy atom. The summed E-state index contributed by atoms with van der Waals surface area (Å²) in [5, 5.41) is 14.8. The fourth-order valence-corrected chi connectivity index (χ4v) is 2.59. The molecule has 1 aliphatic carbocycles. The van der Waals surface area contributed by atoms with Gasteiger partial charge in [-0.2, -0.15) is 0 Å². The number of nitrogens with zero attached hydrogens (tertiary/aromatic N) is 1. The molecule has 1 fully saturated rings. The van der Waals surface area contributed by atoms with E-state index in [0.29, 0.717) is 23.1 Å². The standard InChI is InChI=1S/C15H22FN3O/c1-2-5-15(6-7-15)10-18-9-12-4-3-11(8-13(12)16)14(17)19-20/h3-4,8,18,20H,2,5-7,9-10H2,1H3,(H2,17,19). The van der Waals surface area contributed by atoms with Crippen molar-refractivity contribution in [1.82, 2.24) is 5.32 Å². The van der Waals surface area contributed by atoms with E-state index in [1.54, 1.807) is 12.1 Å². The zero-order valence-corrected chi connectivity index (χ0v) is 11.8. The Morgan fingerprint density at radius 3 is 2.80 bits per heavy atom. The molecular formula is C15H22FN3O. The molecule has 5 heteroatoms.